The molecule has 0 saturated heterocycles. The molecule has 1 atom stereocenters. The summed E-state index contributed by atoms with van der Waals surface area (Å²) in [5.74, 6) is 0. The average Bonchev–Trinajstić information content (AvgIpc) is 2.75. The van der Waals surface area contributed by atoms with Gasteiger partial charge >= 0.3 is 0 Å². The highest BCUT2D eigenvalue weighted by atomic mass is 16.3. The summed E-state index contributed by atoms with van der Waals surface area (Å²) in [5, 5.41) is 10.7. The minimum absolute atomic E-state index is 0.229. The van der Waals surface area contributed by atoms with Crippen LogP contribution in [0, 0.1) is 0 Å². The van der Waals surface area contributed by atoms with Gasteiger partial charge in [-0.2, -0.15) is 0 Å². The first kappa shape index (κ1) is 12.6. The zero-order chi connectivity index (χ0) is 12.3. The van der Waals surface area contributed by atoms with E-state index in [1.807, 2.05) is 6.07 Å². The third-order valence-corrected chi connectivity index (χ3v) is 3.98. The van der Waals surface area contributed by atoms with Crippen LogP contribution in [0.2, 0.25) is 0 Å². The third-order valence-electron chi connectivity index (χ3n) is 3.98. The van der Waals surface area contributed by atoms with E-state index in [1.54, 1.807) is 0 Å². The quantitative estimate of drug-likeness (QED) is 0.863. The SMILES string of the molecule is CN(C)[C@@H](Cc1ccccc1)C1(O)CCCC1. The van der Waals surface area contributed by atoms with Crippen LogP contribution in [0.25, 0.3) is 0 Å². The molecule has 1 fully saturated rings. The van der Waals surface area contributed by atoms with Gasteiger partial charge in [-0.1, -0.05) is 43.2 Å². The molecule has 0 amide bonds. The molecule has 1 aliphatic rings. The number of nitrogens with zero attached hydrogens (tertiary/aromatic N) is 1. The molecule has 2 nitrogen and oxygen atoms in total. The highest BCUT2D eigenvalue weighted by molar-refractivity contribution is 5.17. The van der Waals surface area contributed by atoms with E-state index in [0.717, 1.165) is 32.1 Å². The van der Waals surface area contributed by atoms with Crippen LogP contribution in [-0.4, -0.2) is 35.7 Å². The molecule has 0 radical (unpaired) electrons. The van der Waals surface area contributed by atoms with Gasteiger partial charge in [0.15, 0.2) is 0 Å². The normalized spacial score (nSPS) is 20.7. The minimum atomic E-state index is -0.487. The van der Waals surface area contributed by atoms with E-state index in [4.69, 9.17) is 0 Å². The van der Waals surface area contributed by atoms with Gasteiger partial charge in [0.05, 0.1) is 5.60 Å². The molecule has 0 bridgehead atoms. The topological polar surface area (TPSA) is 23.5 Å². The molecule has 2 heteroatoms. The number of benzene rings is 1. The van der Waals surface area contributed by atoms with Crippen molar-refractivity contribution in [2.45, 2.75) is 43.7 Å². The molecule has 17 heavy (non-hydrogen) atoms. The second kappa shape index (κ2) is 5.19. The van der Waals surface area contributed by atoms with Crippen molar-refractivity contribution in [3.8, 4) is 0 Å². The maximum absolute atomic E-state index is 10.7. The van der Waals surface area contributed by atoms with E-state index in [2.05, 4.69) is 43.3 Å². The third kappa shape index (κ3) is 2.88. The molecular weight excluding hydrogens is 210 g/mol. The first-order chi connectivity index (χ1) is 8.12. The van der Waals surface area contributed by atoms with Crippen LogP contribution < -0.4 is 0 Å². The lowest BCUT2D eigenvalue weighted by Crippen LogP contribution is -2.49. The fraction of sp³-hybridized carbons (Fsp3) is 0.600. The molecule has 1 N–H and O–H groups in total. The van der Waals surface area contributed by atoms with Crippen molar-refractivity contribution in [1.82, 2.24) is 4.90 Å². The first-order valence-corrected chi connectivity index (χ1v) is 6.54. The zero-order valence-corrected chi connectivity index (χ0v) is 10.9. The molecule has 0 spiro atoms. The fourth-order valence-corrected chi connectivity index (χ4v) is 3.01. The van der Waals surface area contributed by atoms with E-state index in [0.29, 0.717) is 0 Å². The Morgan fingerprint density at radius 1 is 1.18 bits per heavy atom. The number of aliphatic hydroxyl groups is 1. The first-order valence-electron chi connectivity index (χ1n) is 6.54. The van der Waals surface area contributed by atoms with Gasteiger partial charge < -0.3 is 10.0 Å². The summed E-state index contributed by atoms with van der Waals surface area (Å²) in [6.45, 7) is 0. The lowest BCUT2D eigenvalue weighted by atomic mass is 9.87. The average molecular weight is 233 g/mol. The van der Waals surface area contributed by atoms with Crippen molar-refractivity contribution in [2.24, 2.45) is 0 Å². The largest absolute Gasteiger partial charge is 0.388 e. The van der Waals surface area contributed by atoms with Crippen LogP contribution >= 0.6 is 0 Å². The van der Waals surface area contributed by atoms with E-state index in [1.165, 1.54) is 5.56 Å². The van der Waals surface area contributed by atoms with Gasteiger partial charge in [0, 0.05) is 6.04 Å². The Balaban J connectivity index is 2.13. The second-order valence-corrected chi connectivity index (χ2v) is 5.48. The Bertz CT molecular complexity index is 341. The van der Waals surface area contributed by atoms with Crippen molar-refractivity contribution in [3.05, 3.63) is 35.9 Å². The minimum Gasteiger partial charge on any atom is -0.388 e. The molecule has 94 valence electrons. The summed E-state index contributed by atoms with van der Waals surface area (Å²) in [6, 6.07) is 10.7. The van der Waals surface area contributed by atoms with Gasteiger partial charge in [-0.05, 0) is 38.9 Å². The van der Waals surface area contributed by atoms with Crippen molar-refractivity contribution >= 4 is 0 Å². The molecule has 1 aromatic rings. The Morgan fingerprint density at radius 3 is 2.29 bits per heavy atom. The Hall–Kier alpha value is -0.860. The Morgan fingerprint density at radius 2 is 1.76 bits per heavy atom. The van der Waals surface area contributed by atoms with Crippen LogP contribution in [0.3, 0.4) is 0 Å². The number of hydrogen-bond donors (Lipinski definition) is 1. The van der Waals surface area contributed by atoms with E-state index in [9.17, 15) is 5.11 Å². The maximum Gasteiger partial charge on any atom is 0.0805 e. The molecule has 2 rings (SSSR count). The monoisotopic (exact) mass is 233 g/mol. The van der Waals surface area contributed by atoms with Crippen molar-refractivity contribution in [3.63, 3.8) is 0 Å². The standard InChI is InChI=1S/C15H23NO/c1-16(2)14(15(17)10-6-7-11-15)12-13-8-4-3-5-9-13/h3-5,8-9,14,17H,6-7,10-12H2,1-2H3/t14-/m0/s1. The van der Waals surface area contributed by atoms with Crippen LogP contribution in [-0.2, 0) is 6.42 Å². The van der Waals surface area contributed by atoms with Gasteiger partial charge in [0.25, 0.3) is 0 Å². The fourth-order valence-electron chi connectivity index (χ4n) is 3.01. The predicted molar refractivity (Wildman–Crippen MR) is 71.0 cm³/mol. The molecule has 1 aromatic carbocycles. The smallest absolute Gasteiger partial charge is 0.0805 e. The number of likely N-dealkylation sites (N-methyl/N-ethyl adjacent to an activating group) is 1. The molecule has 0 aromatic heterocycles. The Labute approximate surface area is 104 Å². The molecule has 0 unspecified atom stereocenters. The van der Waals surface area contributed by atoms with Crippen molar-refractivity contribution in [2.75, 3.05) is 14.1 Å². The summed E-state index contributed by atoms with van der Waals surface area (Å²) in [6.07, 6.45) is 5.15. The maximum atomic E-state index is 10.7. The van der Waals surface area contributed by atoms with Gasteiger partial charge in [-0.25, -0.2) is 0 Å². The molecule has 1 aliphatic carbocycles. The summed E-state index contributed by atoms with van der Waals surface area (Å²) < 4.78 is 0. The van der Waals surface area contributed by atoms with E-state index < -0.39 is 5.60 Å². The van der Waals surface area contributed by atoms with Gasteiger partial charge in [0.2, 0.25) is 0 Å². The molecule has 1 saturated carbocycles. The molecular formula is C15H23NO. The zero-order valence-electron chi connectivity index (χ0n) is 10.9. The Kier molecular flexibility index (Phi) is 3.85. The van der Waals surface area contributed by atoms with Gasteiger partial charge in [-0.15, -0.1) is 0 Å². The van der Waals surface area contributed by atoms with Crippen LogP contribution in [0.5, 0.6) is 0 Å². The van der Waals surface area contributed by atoms with Crippen molar-refractivity contribution < 1.29 is 5.11 Å². The summed E-state index contributed by atoms with van der Waals surface area (Å²) >= 11 is 0. The van der Waals surface area contributed by atoms with Crippen LogP contribution in [0.1, 0.15) is 31.2 Å². The molecule has 0 aliphatic heterocycles. The molecule has 0 heterocycles. The number of hydrogen-bond acceptors (Lipinski definition) is 2. The summed E-state index contributed by atoms with van der Waals surface area (Å²) in [7, 11) is 4.15. The lowest BCUT2D eigenvalue weighted by molar-refractivity contribution is -0.0275. The van der Waals surface area contributed by atoms with Crippen LogP contribution in [0.4, 0.5) is 0 Å². The highest BCUT2D eigenvalue weighted by Crippen LogP contribution is 2.35. The van der Waals surface area contributed by atoms with Crippen LogP contribution in [0.15, 0.2) is 30.3 Å². The number of rotatable bonds is 4. The van der Waals surface area contributed by atoms with Gasteiger partial charge in [-0.3, -0.25) is 0 Å². The second-order valence-electron chi connectivity index (χ2n) is 5.48. The highest BCUT2D eigenvalue weighted by Gasteiger charge is 2.40. The lowest BCUT2D eigenvalue weighted by Gasteiger charge is -2.37. The predicted octanol–water partition coefficient (Wildman–Crippen LogP) is 2.46. The van der Waals surface area contributed by atoms with E-state index >= 15 is 0 Å². The van der Waals surface area contributed by atoms with Crippen molar-refractivity contribution in [1.29, 1.82) is 0 Å². The summed E-state index contributed by atoms with van der Waals surface area (Å²) in [5.41, 5.74) is 0.825. The summed E-state index contributed by atoms with van der Waals surface area (Å²) in [4.78, 5) is 2.18. The van der Waals surface area contributed by atoms with Gasteiger partial charge in [0.1, 0.15) is 0 Å². The van der Waals surface area contributed by atoms with E-state index in [-0.39, 0.29) is 6.04 Å².